The molecule has 0 radical (unpaired) electrons. The zero-order chi connectivity index (χ0) is 17.5. The van der Waals surface area contributed by atoms with Gasteiger partial charge in [-0.3, -0.25) is 10.1 Å². The quantitative estimate of drug-likeness (QED) is 0.682. The third kappa shape index (κ3) is 4.81. The molecule has 3 rings (SSSR count). The van der Waals surface area contributed by atoms with Gasteiger partial charge in [-0.2, -0.15) is 0 Å². The standard InChI is InChI=1S/C21H22N2O2/c1-16(20-12-7-13-25-20)22-15-21(24)23-19-11-6-5-10-18(19)14-17-8-3-2-4-9-17/h2-13,16,22H,14-15H2,1H3,(H,23,24)/t16-/m0/s1. The fraction of sp³-hybridized carbons (Fsp3) is 0.190. The van der Waals surface area contributed by atoms with E-state index in [0.717, 1.165) is 23.4 Å². The number of carbonyl (C=O) groups excluding carboxylic acids is 1. The smallest absolute Gasteiger partial charge is 0.238 e. The van der Waals surface area contributed by atoms with Gasteiger partial charge in [-0.1, -0.05) is 48.5 Å². The molecule has 0 fully saturated rings. The number of nitrogens with one attached hydrogen (secondary N) is 2. The molecule has 1 heterocycles. The topological polar surface area (TPSA) is 54.3 Å². The lowest BCUT2D eigenvalue weighted by Crippen LogP contribution is -2.30. The van der Waals surface area contributed by atoms with Crippen molar-refractivity contribution >= 4 is 11.6 Å². The Balaban J connectivity index is 1.59. The molecule has 2 aromatic carbocycles. The summed E-state index contributed by atoms with van der Waals surface area (Å²) in [6, 6.07) is 21.9. The minimum absolute atomic E-state index is 0.0136. The van der Waals surface area contributed by atoms with E-state index < -0.39 is 0 Å². The number of amides is 1. The molecule has 0 aliphatic heterocycles. The van der Waals surface area contributed by atoms with Crippen molar-refractivity contribution < 1.29 is 9.21 Å². The maximum atomic E-state index is 12.3. The second kappa shape index (κ2) is 8.31. The second-order valence-corrected chi connectivity index (χ2v) is 5.99. The Morgan fingerprint density at radius 2 is 1.76 bits per heavy atom. The van der Waals surface area contributed by atoms with Crippen molar-refractivity contribution in [3.8, 4) is 0 Å². The summed E-state index contributed by atoms with van der Waals surface area (Å²) in [5.41, 5.74) is 3.17. The normalized spacial score (nSPS) is 11.9. The van der Waals surface area contributed by atoms with E-state index >= 15 is 0 Å². The van der Waals surface area contributed by atoms with E-state index in [9.17, 15) is 4.79 Å². The summed E-state index contributed by atoms with van der Waals surface area (Å²) < 4.78 is 5.34. The van der Waals surface area contributed by atoms with Gasteiger partial charge in [0.05, 0.1) is 18.8 Å². The number of hydrogen-bond acceptors (Lipinski definition) is 3. The van der Waals surface area contributed by atoms with E-state index in [1.807, 2.05) is 61.5 Å². The highest BCUT2D eigenvalue weighted by Crippen LogP contribution is 2.19. The molecule has 0 spiro atoms. The number of hydrogen-bond donors (Lipinski definition) is 2. The van der Waals surface area contributed by atoms with Crippen molar-refractivity contribution in [3.05, 3.63) is 89.9 Å². The van der Waals surface area contributed by atoms with Gasteiger partial charge >= 0.3 is 0 Å². The predicted octanol–water partition coefficient (Wildman–Crippen LogP) is 4.16. The maximum Gasteiger partial charge on any atom is 0.238 e. The van der Waals surface area contributed by atoms with E-state index in [1.54, 1.807) is 6.26 Å². The monoisotopic (exact) mass is 334 g/mol. The molecule has 0 saturated heterocycles. The molecule has 1 aromatic heterocycles. The molecule has 25 heavy (non-hydrogen) atoms. The fourth-order valence-corrected chi connectivity index (χ4v) is 2.69. The Labute approximate surface area is 147 Å². The maximum absolute atomic E-state index is 12.3. The molecule has 4 heteroatoms. The SMILES string of the molecule is C[C@H](NCC(=O)Nc1ccccc1Cc1ccccc1)c1ccco1. The van der Waals surface area contributed by atoms with Crippen LogP contribution in [0.1, 0.15) is 29.9 Å². The lowest BCUT2D eigenvalue weighted by Gasteiger charge is -2.14. The summed E-state index contributed by atoms with van der Waals surface area (Å²) in [7, 11) is 0. The first kappa shape index (κ1) is 17.0. The number of carbonyl (C=O) groups is 1. The van der Waals surface area contributed by atoms with Gasteiger partial charge in [0, 0.05) is 5.69 Å². The summed E-state index contributed by atoms with van der Waals surface area (Å²) in [6.07, 6.45) is 2.42. The highest BCUT2D eigenvalue weighted by molar-refractivity contribution is 5.93. The Morgan fingerprint density at radius 1 is 1.00 bits per heavy atom. The van der Waals surface area contributed by atoms with Crippen molar-refractivity contribution in [2.75, 3.05) is 11.9 Å². The Kier molecular flexibility index (Phi) is 5.65. The van der Waals surface area contributed by atoms with Crippen LogP contribution in [-0.2, 0) is 11.2 Å². The lowest BCUT2D eigenvalue weighted by molar-refractivity contribution is -0.115. The first-order chi connectivity index (χ1) is 12.2. The summed E-state index contributed by atoms with van der Waals surface area (Å²) in [4.78, 5) is 12.3. The average molecular weight is 334 g/mol. The summed E-state index contributed by atoms with van der Waals surface area (Å²) >= 11 is 0. The van der Waals surface area contributed by atoms with Gasteiger partial charge in [-0.25, -0.2) is 0 Å². The zero-order valence-corrected chi connectivity index (χ0v) is 14.2. The minimum atomic E-state index is -0.0704. The van der Waals surface area contributed by atoms with Gasteiger partial charge in [0.2, 0.25) is 5.91 Å². The molecular weight excluding hydrogens is 312 g/mol. The lowest BCUT2D eigenvalue weighted by atomic mass is 10.0. The summed E-state index contributed by atoms with van der Waals surface area (Å²) in [5, 5.41) is 6.17. The van der Waals surface area contributed by atoms with Gasteiger partial charge in [0.1, 0.15) is 5.76 Å². The van der Waals surface area contributed by atoms with Crippen LogP contribution in [0.15, 0.2) is 77.4 Å². The predicted molar refractivity (Wildman–Crippen MR) is 99.4 cm³/mol. The highest BCUT2D eigenvalue weighted by atomic mass is 16.3. The number of anilines is 1. The van der Waals surface area contributed by atoms with Crippen molar-refractivity contribution in [2.24, 2.45) is 0 Å². The van der Waals surface area contributed by atoms with Crippen LogP contribution in [0.4, 0.5) is 5.69 Å². The molecule has 0 saturated carbocycles. The van der Waals surface area contributed by atoms with Gasteiger partial charge in [-0.05, 0) is 42.7 Å². The first-order valence-electron chi connectivity index (χ1n) is 8.41. The zero-order valence-electron chi connectivity index (χ0n) is 14.2. The molecule has 4 nitrogen and oxygen atoms in total. The van der Waals surface area contributed by atoms with Crippen LogP contribution in [0, 0.1) is 0 Å². The number of rotatable bonds is 7. The molecule has 3 aromatic rings. The molecule has 0 unspecified atom stereocenters. The summed E-state index contributed by atoms with van der Waals surface area (Å²) in [6.45, 7) is 2.19. The van der Waals surface area contributed by atoms with E-state index in [2.05, 4.69) is 22.8 Å². The molecule has 0 aliphatic carbocycles. The first-order valence-corrected chi connectivity index (χ1v) is 8.41. The van der Waals surface area contributed by atoms with Crippen LogP contribution in [0.25, 0.3) is 0 Å². The van der Waals surface area contributed by atoms with Gasteiger partial charge in [0.15, 0.2) is 0 Å². The van der Waals surface area contributed by atoms with E-state index in [-0.39, 0.29) is 18.5 Å². The van der Waals surface area contributed by atoms with E-state index in [0.29, 0.717) is 0 Å². The van der Waals surface area contributed by atoms with Crippen LogP contribution in [0.2, 0.25) is 0 Å². The van der Waals surface area contributed by atoms with Crippen molar-refractivity contribution in [1.29, 1.82) is 0 Å². The van der Waals surface area contributed by atoms with Crippen molar-refractivity contribution in [1.82, 2.24) is 5.32 Å². The fourth-order valence-electron chi connectivity index (χ4n) is 2.69. The third-order valence-corrected chi connectivity index (χ3v) is 4.07. The number of furan rings is 1. The second-order valence-electron chi connectivity index (χ2n) is 5.99. The largest absolute Gasteiger partial charge is 0.468 e. The van der Waals surface area contributed by atoms with Crippen LogP contribution in [0.3, 0.4) is 0 Å². The van der Waals surface area contributed by atoms with Crippen LogP contribution in [0.5, 0.6) is 0 Å². The van der Waals surface area contributed by atoms with Gasteiger partial charge in [0.25, 0.3) is 0 Å². The molecule has 1 atom stereocenters. The Bertz CT molecular complexity index is 798. The Hall–Kier alpha value is -2.85. The number of benzene rings is 2. The van der Waals surface area contributed by atoms with Gasteiger partial charge < -0.3 is 9.73 Å². The number of para-hydroxylation sites is 1. The highest BCUT2D eigenvalue weighted by Gasteiger charge is 2.11. The molecule has 1 amide bonds. The molecular formula is C21H22N2O2. The summed E-state index contributed by atoms with van der Waals surface area (Å²) in [5.74, 6) is 0.746. The minimum Gasteiger partial charge on any atom is -0.468 e. The van der Waals surface area contributed by atoms with E-state index in [1.165, 1.54) is 5.56 Å². The third-order valence-electron chi connectivity index (χ3n) is 4.07. The van der Waals surface area contributed by atoms with Gasteiger partial charge in [-0.15, -0.1) is 0 Å². The van der Waals surface area contributed by atoms with Crippen LogP contribution >= 0.6 is 0 Å². The molecule has 0 bridgehead atoms. The van der Waals surface area contributed by atoms with E-state index in [4.69, 9.17) is 4.42 Å². The Morgan fingerprint density at radius 3 is 2.52 bits per heavy atom. The van der Waals surface area contributed by atoms with Crippen LogP contribution < -0.4 is 10.6 Å². The molecule has 128 valence electrons. The average Bonchev–Trinajstić information content (AvgIpc) is 3.17. The van der Waals surface area contributed by atoms with Crippen molar-refractivity contribution in [2.45, 2.75) is 19.4 Å². The van der Waals surface area contributed by atoms with Crippen LogP contribution in [-0.4, -0.2) is 12.5 Å². The molecule has 0 aliphatic rings. The van der Waals surface area contributed by atoms with Crippen molar-refractivity contribution in [3.63, 3.8) is 0 Å². The molecule has 2 N–H and O–H groups in total.